The molecule has 1 aromatic rings. The summed E-state index contributed by atoms with van der Waals surface area (Å²) in [5.41, 5.74) is 1.54. The maximum absolute atomic E-state index is 12.7. The Morgan fingerprint density at radius 3 is 2.52 bits per heavy atom. The summed E-state index contributed by atoms with van der Waals surface area (Å²) in [6.45, 7) is 7.49. The monoisotopic (exact) mass is 409 g/mol. The molecule has 3 heterocycles. The van der Waals surface area contributed by atoms with E-state index in [2.05, 4.69) is 15.3 Å². The first kappa shape index (κ1) is 22.0. The van der Waals surface area contributed by atoms with Gasteiger partial charge in [0.05, 0.1) is 12.1 Å². The number of aryl methyl sites for hydroxylation is 1. The molecular formula is C17H27ClF3N5O. The average molecular weight is 410 g/mol. The van der Waals surface area contributed by atoms with E-state index in [1.807, 2.05) is 4.90 Å². The minimum absolute atomic E-state index is 0. The van der Waals surface area contributed by atoms with Crippen molar-refractivity contribution in [2.45, 2.75) is 45.5 Å². The maximum atomic E-state index is 12.7. The van der Waals surface area contributed by atoms with Crippen molar-refractivity contribution in [3.8, 4) is 0 Å². The fraction of sp³-hybridized carbons (Fsp3) is 0.765. The number of likely N-dealkylation sites (tertiary alicyclic amines) is 1. The first-order valence-electron chi connectivity index (χ1n) is 9.07. The molecule has 2 fully saturated rings. The number of nitrogens with zero attached hydrogens (tertiary/aromatic N) is 4. The highest BCUT2D eigenvalue weighted by Gasteiger charge is 2.33. The van der Waals surface area contributed by atoms with Crippen molar-refractivity contribution in [2.75, 3.05) is 39.3 Å². The van der Waals surface area contributed by atoms with Crippen LogP contribution in [0.1, 0.15) is 23.4 Å². The molecule has 1 atom stereocenters. The Bertz CT molecular complexity index is 658. The van der Waals surface area contributed by atoms with Gasteiger partial charge in [-0.25, -0.2) is 0 Å². The Morgan fingerprint density at radius 2 is 1.89 bits per heavy atom. The lowest BCUT2D eigenvalue weighted by molar-refractivity contribution is -0.143. The van der Waals surface area contributed by atoms with Crippen molar-refractivity contribution in [3.05, 3.63) is 17.0 Å². The van der Waals surface area contributed by atoms with Crippen LogP contribution in [0.4, 0.5) is 13.2 Å². The van der Waals surface area contributed by atoms with Gasteiger partial charge in [0.2, 0.25) is 5.91 Å². The topological polar surface area (TPSA) is 53.4 Å². The van der Waals surface area contributed by atoms with Crippen molar-refractivity contribution < 1.29 is 18.0 Å². The van der Waals surface area contributed by atoms with Gasteiger partial charge in [-0.1, -0.05) is 0 Å². The van der Waals surface area contributed by atoms with Crippen molar-refractivity contribution in [3.63, 3.8) is 0 Å². The molecule has 0 radical (unpaired) electrons. The fourth-order valence-corrected chi connectivity index (χ4v) is 3.89. The van der Waals surface area contributed by atoms with Gasteiger partial charge in [-0.15, -0.1) is 12.4 Å². The van der Waals surface area contributed by atoms with Gasteiger partial charge in [0.1, 0.15) is 6.54 Å². The van der Waals surface area contributed by atoms with E-state index in [4.69, 9.17) is 0 Å². The predicted octanol–water partition coefficient (Wildman–Crippen LogP) is 1.53. The average Bonchev–Trinajstić information content (AvgIpc) is 3.16. The van der Waals surface area contributed by atoms with Gasteiger partial charge >= 0.3 is 6.18 Å². The zero-order chi connectivity index (χ0) is 18.9. The number of carbonyl (C=O) groups is 1. The van der Waals surface area contributed by atoms with Crippen LogP contribution in [0.25, 0.3) is 0 Å². The second-order valence-corrected chi connectivity index (χ2v) is 7.17. The van der Waals surface area contributed by atoms with E-state index < -0.39 is 12.7 Å². The van der Waals surface area contributed by atoms with E-state index in [0.29, 0.717) is 36.1 Å². The van der Waals surface area contributed by atoms with Gasteiger partial charge in [0, 0.05) is 56.6 Å². The highest BCUT2D eigenvalue weighted by molar-refractivity contribution is 5.85. The number of nitrogens with one attached hydrogen (secondary N) is 1. The molecular weight excluding hydrogens is 383 g/mol. The van der Waals surface area contributed by atoms with E-state index in [1.54, 1.807) is 13.8 Å². The van der Waals surface area contributed by atoms with Crippen LogP contribution in [0.3, 0.4) is 0 Å². The molecule has 3 rings (SSSR count). The lowest BCUT2D eigenvalue weighted by Crippen LogP contribution is -2.49. The van der Waals surface area contributed by atoms with Crippen molar-refractivity contribution in [2.24, 2.45) is 0 Å². The molecule has 0 bridgehead atoms. The summed E-state index contributed by atoms with van der Waals surface area (Å²) in [4.78, 5) is 16.9. The summed E-state index contributed by atoms with van der Waals surface area (Å²) in [6.07, 6.45) is -3.25. The van der Waals surface area contributed by atoms with Gasteiger partial charge in [-0.05, 0) is 20.3 Å². The van der Waals surface area contributed by atoms with Gasteiger partial charge in [-0.3, -0.25) is 14.4 Å². The molecule has 0 aliphatic carbocycles. The number of hydrogen-bond donors (Lipinski definition) is 1. The van der Waals surface area contributed by atoms with Crippen LogP contribution in [0.5, 0.6) is 0 Å². The second kappa shape index (κ2) is 8.79. The largest absolute Gasteiger partial charge is 0.408 e. The van der Waals surface area contributed by atoms with Crippen molar-refractivity contribution in [1.29, 1.82) is 0 Å². The zero-order valence-electron chi connectivity index (χ0n) is 15.7. The highest BCUT2D eigenvalue weighted by atomic mass is 35.5. The number of hydrogen-bond acceptors (Lipinski definition) is 4. The van der Waals surface area contributed by atoms with Crippen molar-refractivity contribution >= 4 is 18.3 Å². The number of rotatable bonds is 4. The summed E-state index contributed by atoms with van der Waals surface area (Å²) in [5, 5.41) is 7.30. The SMILES string of the molecule is Cc1nn(CC(F)(F)F)c(C)c1CC(=O)N1CCC(N2CCNCC2)C1.Cl. The molecule has 1 aromatic heterocycles. The molecule has 0 spiro atoms. The Hall–Kier alpha value is -1.32. The minimum Gasteiger partial charge on any atom is -0.341 e. The predicted molar refractivity (Wildman–Crippen MR) is 98.1 cm³/mol. The fourth-order valence-electron chi connectivity index (χ4n) is 3.89. The summed E-state index contributed by atoms with van der Waals surface area (Å²) >= 11 is 0. The molecule has 2 aliphatic rings. The minimum atomic E-state index is -4.32. The quantitative estimate of drug-likeness (QED) is 0.819. The number of halogens is 4. The lowest BCUT2D eigenvalue weighted by atomic mass is 10.1. The lowest BCUT2D eigenvalue weighted by Gasteiger charge is -2.32. The van der Waals surface area contributed by atoms with Gasteiger partial charge in [0.25, 0.3) is 0 Å². The van der Waals surface area contributed by atoms with Gasteiger partial charge in [-0.2, -0.15) is 18.3 Å². The molecule has 154 valence electrons. The number of alkyl halides is 3. The van der Waals surface area contributed by atoms with E-state index in [0.717, 1.165) is 37.3 Å². The van der Waals surface area contributed by atoms with Crippen molar-refractivity contribution in [1.82, 2.24) is 24.9 Å². The van der Waals surface area contributed by atoms with Crippen LogP contribution in [-0.2, 0) is 17.8 Å². The van der Waals surface area contributed by atoms with Crippen LogP contribution in [0.15, 0.2) is 0 Å². The molecule has 2 aliphatic heterocycles. The number of carbonyl (C=O) groups excluding carboxylic acids is 1. The van der Waals surface area contributed by atoms with Gasteiger partial charge in [0.15, 0.2) is 0 Å². The smallest absolute Gasteiger partial charge is 0.341 e. The summed E-state index contributed by atoms with van der Waals surface area (Å²) in [6, 6.07) is 0.385. The Labute approximate surface area is 163 Å². The standard InChI is InChI=1S/C17H26F3N5O.ClH/c1-12-15(13(2)25(22-12)11-17(18,19)20)9-16(26)24-6-3-14(10-24)23-7-4-21-5-8-23;/h14,21H,3-11H2,1-2H3;1H. The number of amides is 1. The Morgan fingerprint density at radius 1 is 1.22 bits per heavy atom. The second-order valence-electron chi connectivity index (χ2n) is 7.17. The van der Waals surface area contributed by atoms with Crippen LogP contribution in [-0.4, -0.2) is 77.0 Å². The molecule has 2 saturated heterocycles. The van der Waals surface area contributed by atoms with E-state index >= 15 is 0 Å². The Kier molecular flexibility index (Phi) is 7.15. The molecule has 1 unspecified atom stereocenters. The summed E-state index contributed by atoms with van der Waals surface area (Å²) < 4.78 is 38.9. The first-order chi connectivity index (χ1) is 12.2. The van der Waals surface area contributed by atoms with E-state index in [-0.39, 0.29) is 24.7 Å². The van der Waals surface area contributed by atoms with Crippen LogP contribution in [0.2, 0.25) is 0 Å². The molecule has 10 heteroatoms. The van der Waals surface area contributed by atoms with Gasteiger partial charge < -0.3 is 10.2 Å². The molecule has 1 amide bonds. The molecule has 6 nitrogen and oxygen atoms in total. The Balaban J connectivity index is 0.00000261. The third kappa shape index (κ3) is 5.36. The molecule has 0 aromatic carbocycles. The normalized spacial score (nSPS) is 21.4. The third-order valence-corrected chi connectivity index (χ3v) is 5.37. The summed E-state index contributed by atoms with van der Waals surface area (Å²) in [5.74, 6) is -0.0274. The molecule has 0 saturated carbocycles. The molecule has 1 N–H and O–H groups in total. The zero-order valence-corrected chi connectivity index (χ0v) is 16.5. The highest BCUT2D eigenvalue weighted by Crippen LogP contribution is 2.23. The maximum Gasteiger partial charge on any atom is 0.408 e. The van der Waals surface area contributed by atoms with Crippen LogP contribution in [0, 0.1) is 13.8 Å². The first-order valence-corrected chi connectivity index (χ1v) is 9.07. The van der Waals surface area contributed by atoms with Crippen LogP contribution < -0.4 is 5.32 Å². The number of piperazine rings is 1. The number of aromatic nitrogens is 2. The summed E-state index contributed by atoms with van der Waals surface area (Å²) in [7, 11) is 0. The molecule has 27 heavy (non-hydrogen) atoms. The third-order valence-electron chi connectivity index (χ3n) is 5.37. The van der Waals surface area contributed by atoms with E-state index in [9.17, 15) is 18.0 Å². The van der Waals surface area contributed by atoms with E-state index in [1.165, 1.54) is 0 Å². The van der Waals surface area contributed by atoms with Crippen LogP contribution >= 0.6 is 12.4 Å².